The third kappa shape index (κ3) is 2.76. The predicted octanol–water partition coefficient (Wildman–Crippen LogP) is 2.56. The first-order valence-electron chi connectivity index (χ1n) is 7.61. The highest BCUT2D eigenvalue weighted by Gasteiger charge is 2.45. The van der Waals surface area contributed by atoms with Crippen LogP contribution in [0.15, 0.2) is 0 Å². The molecule has 5 nitrogen and oxygen atoms in total. The predicted molar refractivity (Wildman–Crippen MR) is 76.6 cm³/mol. The van der Waals surface area contributed by atoms with Crippen molar-refractivity contribution in [2.45, 2.75) is 64.5 Å². The fourth-order valence-electron chi connectivity index (χ4n) is 3.72. The Hall–Kier alpha value is -1.26. The number of hydrogen-bond acceptors (Lipinski definition) is 2. The van der Waals surface area contributed by atoms with E-state index < -0.39 is 12.0 Å². The summed E-state index contributed by atoms with van der Waals surface area (Å²) < 4.78 is 0. The number of carboxylic acid groups (broad SMARTS) is 1. The maximum atomic E-state index is 12.7. The number of nitrogens with zero attached hydrogens (tertiary/aromatic N) is 2. The lowest BCUT2D eigenvalue weighted by molar-refractivity contribution is -0.148. The summed E-state index contributed by atoms with van der Waals surface area (Å²) in [6.07, 6.45) is 6.13. The Morgan fingerprint density at radius 2 is 1.80 bits per heavy atom. The number of amides is 2. The standard InChI is InChI=1S/C15H26N2O3/c1-15(2)9-6-10-17(12(15)13(18)19)14(20)16(3)11-7-4-5-8-11/h11-12H,4-10H2,1-3H3,(H,18,19). The van der Waals surface area contributed by atoms with E-state index in [0.29, 0.717) is 6.54 Å². The molecule has 0 aromatic heterocycles. The molecule has 0 aromatic carbocycles. The Morgan fingerprint density at radius 1 is 1.20 bits per heavy atom. The van der Waals surface area contributed by atoms with Gasteiger partial charge in [-0.1, -0.05) is 26.7 Å². The van der Waals surface area contributed by atoms with Gasteiger partial charge in [-0.15, -0.1) is 0 Å². The molecule has 2 rings (SSSR count). The van der Waals surface area contributed by atoms with Crippen LogP contribution in [0.4, 0.5) is 4.79 Å². The second-order valence-corrected chi connectivity index (χ2v) is 6.86. The topological polar surface area (TPSA) is 60.9 Å². The first-order valence-corrected chi connectivity index (χ1v) is 7.61. The van der Waals surface area contributed by atoms with Crippen LogP contribution in [0, 0.1) is 5.41 Å². The minimum absolute atomic E-state index is 0.114. The molecule has 20 heavy (non-hydrogen) atoms. The second kappa shape index (κ2) is 5.62. The third-order valence-corrected chi connectivity index (χ3v) is 4.93. The van der Waals surface area contributed by atoms with Gasteiger partial charge in [0.15, 0.2) is 0 Å². The van der Waals surface area contributed by atoms with Gasteiger partial charge in [0.2, 0.25) is 0 Å². The monoisotopic (exact) mass is 282 g/mol. The molecule has 1 saturated heterocycles. The zero-order chi connectivity index (χ0) is 14.9. The highest BCUT2D eigenvalue weighted by atomic mass is 16.4. The van der Waals surface area contributed by atoms with Gasteiger partial charge in [-0.05, 0) is 31.1 Å². The van der Waals surface area contributed by atoms with Gasteiger partial charge in [0.1, 0.15) is 6.04 Å². The van der Waals surface area contributed by atoms with Gasteiger partial charge in [-0.25, -0.2) is 9.59 Å². The lowest BCUT2D eigenvalue weighted by atomic mass is 9.76. The van der Waals surface area contributed by atoms with Gasteiger partial charge in [-0.3, -0.25) is 0 Å². The SMILES string of the molecule is CN(C(=O)N1CCCC(C)(C)C1C(=O)O)C1CCCC1. The van der Waals surface area contributed by atoms with Gasteiger partial charge in [-0.2, -0.15) is 0 Å². The van der Waals surface area contributed by atoms with Gasteiger partial charge < -0.3 is 14.9 Å². The first kappa shape index (κ1) is 15.1. The lowest BCUT2D eigenvalue weighted by Gasteiger charge is -2.45. The number of carbonyl (C=O) groups excluding carboxylic acids is 1. The summed E-state index contributed by atoms with van der Waals surface area (Å²) >= 11 is 0. The quantitative estimate of drug-likeness (QED) is 0.846. The molecule has 0 radical (unpaired) electrons. The highest BCUT2D eigenvalue weighted by molar-refractivity contribution is 5.83. The summed E-state index contributed by atoms with van der Waals surface area (Å²) in [5, 5.41) is 9.53. The van der Waals surface area contributed by atoms with E-state index in [2.05, 4.69) is 0 Å². The van der Waals surface area contributed by atoms with E-state index in [1.54, 1.807) is 9.80 Å². The van der Waals surface area contributed by atoms with E-state index in [-0.39, 0.29) is 17.5 Å². The second-order valence-electron chi connectivity index (χ2n) is 6.86. The maximum Gasteiger partial charge on any atom is 0.327 e. The van der Waals surface area contributed by atoms with Crippen molar-refractivity contribution >= 4 is 12.0 Å². The summed E-state index contributed by atoms with van der Waals surface area (Å²) in [6, 6.07) is -0.549. The van der Waals surface area contributed by atoms with Crippen LogP contribution in [0.1, 0.15) is 52.4 Å². The third-order valence-electron chi connectivity index (χ3n) is 4.93. The van der Waals surface area contributed by atoms with Crippen LogP contribution in [0.3, 0.4) is 0 Å². The molecule has 0 spiro atoms. The minimum atomic E-state index is -0.886. The van der Waals surface area contributed by atoms with Gasteiger partial charge >= 0.3 is 12.0 Å². The van der Waals surface area contributed by atoms with Crippen molar-refractivity contribution in [1.29, 1.82) is 0 Å². The summed E-state index contributed by atoms with van der Waals surface area (Å²) in [5.41, 5.74) is -0.365. The fourth-order valence-corrected chi connectivity index (χ4v) is 3.72. The number of hydrogen-bond donors (Lipinski definition) is 1. The van der Waals surface area contributed by atoms with Gasteiger partial charge in [0, 0.05) is 19.6 Å². The Bertz CT molecular complexity index is 389. The molecular weight excluding hydrogens is 256 g/mol. The van der Waals surface area contributed by atoms with Crippen LogP contribution >= 0.6 is 0 Å². The zero-order valence-corrected chi connectivity index (χ0v) is 12.8. The molecule has 1 aliphatic heterocycles. The molecule has 1 unspecified atom stereocenters. The van der Waals surface area contributed by atoms with Crippen molar-refractivity contribution < 1.29 is 14.7 Å². The molecule has 0 bridgehead atoms. The zero-order valence-electron chi connectivity index (χ0n) is 12.8. The number of carboxylic acids is 1. The molecule has 5 heteroatoms. The normalized spacial score (nSPS) is 26.6. The molecule has 1 heterocycles. The highest BCUT2D eigenvalue weighted by Crippen LogP contribution is 2.36. The van der Waals surface area contributed by atoms with Gasteiger partial charge in [0.05, 0.1) is 0 Å². The Balaban J connectivity index is 2.15. The Morgan fingerprint density at radius 3 is 2.35 bits per heavy atom. The summed E-state index contributed by atoms with van der Waals surface area (Å²) in [4.78, 5) is 27.6. The molecule has 114 valence electrons. The smallest absolute Gasteiger partial charge is 0.327 e. The molecule has 1 atom stereocenters. The summed E-state index contributed by atoms with van der Waals surface area (Å²) in [7, 11) is 1.82. The minimum Gasteiger partial charge on any atom is -0.480 e. The van der Waals surface area contributed by atoms with Crippen LogP contribution in [0.25, 0.3) is 0 Å². The molecule has 0 aromatic rings. The van der Waals surface area contributed by atoms with Crippen molar-refractivity contribution in [3.05, 3.63) is 0 Å². The molecule has 2 fully saturated rings. The van der Waals surface area contributed by atoms with E-state index in [1.807, 2.05) is 20.9 Å². The van der Waals surface area contributed by atoms with Crippen LogP contribution in [-0.4, -0.2) is 52.6 Å². The van der Waals surface area contributed by atoms with Crippen molar-refractivity contribution in [1.82, 2.24) is 9.80 Å². The van der Waals surface area contributed by atoms with E-state index in [9.17, 15) is 14.7 Å². The van der Waals surface area contributed by atoms with Crippen LogP contribution in [-0.2, 0) is 4.79 Å². The molecule has 2 aliphatic rings. The number of urea groups is 1. The Kier molecular flexibility index (Phi) is 4.25. The van der Waals surface area contributed by atoms with Crippen LogP contribution < -0.4 is 0 Å². The lowest BCUT2D eigenvalue weighted by Crippen LogP contribution is -2.59. The number of carbonyl (C=O) groups is 2. The summed E-state index contributed by atoms with van der Waals surface area (Å²) in [6.45, 7) is 4.44. The van der Waals surface area contributed by atoms with Crippen molar-refractivity contribution in [2.24, 2.45) is 5.41 Å². The number of piperidine rings is 1. The van der Waals surface area contributed by atoms with Crippen molar-refractivity contribution in [3.8, 4) is 0 Å². The van der Waals surface area contributed by atoms with E-state index in [0.717, 1.165) is 38.5 Å². The largest absolute Gasteiger partial charge is 0.480 e. The van der Waals surface area contributed by atoms with Crippen molar-refractivity contribution in [3.63, 3.8) is 0 Å². The fraction of sp³-hybridized carbons (Fsp3) is 0.867. The molecule has 1 saturated carbocycles. The van der Waals surface area contributed by atoms with E-state index in [4.69, 9.17) is 0 Å². The summed E-state index contributed by atoms with van der Waals surface area (Å²) in [5.74, 6) is -0.886. The molecule has 1 N–H and O–H groups in total. The maximum absolute atomic E-state index is 12.7. The Labute approximate surface area is 120 Å². The van der Waals surface area contributed by atoms with E-state index in [1.165, 1.54) is 0 Å². The van der Waals surface area contributed by atoms with Crippen molar-refractivity contribution in [2.75, 3.05) is 13.6 Å². The number of rotatable bonds is 2. The average molecular weight is 282 g/mol. The number of likely N-dealkylation sites (tertiary alicyclic amines) is 1. The molecule has 2 amide bonds. The average Bonchev–Trinajstić information content (AvgIpc) is 2.88. The van der Waals surface area contributed by atoms with Gasteiger partial charge in [0.25, 0.3) is 0 Å². The van der Waals surface area contributed by atoms with Crippen LogP contribution in [0.2, 0.25) is 0 Å². The molecule has 1 aliphatic carbocycles. The van der Waals surface area contributed by atoms with Crippen LogP contribution in [0.5, 0.6) is 0 Å². The first-order chi connectivity index (χ1) is 9.34. The molecular formula is C15H26N2O3. The number of aliphatic carboxylic acids is 1. The van der Waals surface area contributed by atoms with E-state index >= 15 is 0 Å².